The Bertz CT molecular complexity index is 749. The Morgan fingerprint density at radius 3 is 2.60 bits per heavy atom. The highest BCUT2D eigenvalue weighted by Gasteiger charge is 2.65. The molecule has 0 aliphatic heterocycles. The zero-order chi connectivity index (χ0) is 17.9. The molecule has 0 radical (unpaired) electrons. The number of aliphatic hydroxyl groups is 2. The summed E-state index contributed by atoms with van der Waals surface area (Å²) in [4.78, 5) is 19.4. The fourth-order valence-electron chi connectivity index (χ4n) is 5.72. The van der Waals surface area contributed by atoms with Crippen LogP contribution in [0.15, 0.2) is 11.2 Å². The van der Waals surface area contributed by atoms with E-state index in [0.29, 0.717) is 50.1 Å². The fraction of sp³-hybridized carbons (Fsp3) is 0.778. The summed E-state index contributed by atoms with van der Waals surface area (Å²) in [5, 5.41) is 21.7. The quantitative estimate of drug-likeness (QED) is 0.843. The van der Waals surface area contributed by atoms with Gasteiger partial charge in [0, 0.05) is 31.1 Å². The molecule has 6 nitrogen and oxygen atoms in total. The lowest BCUT2D eigenvalue weighted by Crippen LogP contribution is -2.64. The maximum Gasteiger partial charge on any atom is 0.254 e. The van der Waals surface area contributed by atoms with E-state index in [1.165, 1.54) is 11.3 Å². The van der Waals surface area contributed by atoms with E-state index in [2.05, 4.69) is 4.99 Å². The molecule has 2 N–H and O–H groups in total. The predicted octanol–water partition coefficient (Wildman–Crippen LogP) is 1.38. The number of aromatic nitrogens is 1. The van der Waals surface area contributed by atoms with E-state index in [1.54, 1.807) is 7.11 Å². The molecule has 4 fully saturated rings. The minimum atomic E-state index is -0.906. The Labute approximate surface area is 151 Å². The Balaban J connectivity index is 1.68. The fourth-order valence-corrected chi connectivity index (χ4v) is 6.58. The number of aryl methyl sites for hydroxylation is 1. The van der Waals surface area contributed by atoms with Crippen molar-refractivity contribution < 1.29 is 19.7 Å². The van der Waals surface area contributed by atoms with Crippen LogP contribution in [0.3, 0.4) is 0 Å². The average molecular weight is 366 g/mol. The maximum absolute atomic E-state index is 13.2. The summed E-state index contributed by atoms with van der Waals surface area (Å²) in [6.07, 6.45) is 5.40. The number of rotatable bonds is 4. The van der Waals surface area contributed by atoms with E-state index < -0.39 is 16.6 Å². The number of nitrogens with zero attached hydrogens (tertiary/aromatic N) is 2. The molecule has 0 spiro atoms. The number of methoxy groups -OCH3 is 1. The normalized spacial score (nSPS) is 40.0. The number of thiazole rings is 1. The molecule has 1 amide bonds. The molecule has 2 atom stereocenters. The highest BCUT2D eigenvalue weighted by atomic mass is 32.1. The monoisotopic (exact) mass is 366 g/mol. The van der Waals surface area contributed by atoms with E-state index in [1.807, 2.05) is 17.7 Å². The van der Waals surface area contributed by atoms with Crippen LogP contribution < -0.4 is 4.80 Å². The number of amides is 1. The third-order valence-electron chi connectivity index (χ3n) is 6.03. The summed E-state index contributed by atoms with van der Waals surface area (Å²) in [5.41, 5.74) is -2.52. The highest BCUT2D eigenvalue weighted by Crippen LogP contribution is 2.63. The van der Waals surface area contributed by atoms with Crippen LogP contribution in [0.5, 0.6) is 0 Å². The molecule has 1 heterocycles. The van der Waals surface area contributed by atoms with Crippen molar-refractivity contribution in [1.82, 2.24) is 4.57 Å². The van der Waals surface area contributed by atoms with Gasteiger partial charge < -0.3 is 19.5 Å². The lowest BCUT2D eigenvalue weighted by atomic mass is 9.46. The highest BCUT2D eigenvalue weighted by molar-refractivity contribution is 7.09. The summed E-state index contributed by atoms with van der Waals surface area (Å²) in [6.45, 7) is 3.20. The van der Waals surface area contributed by atoms with E-state index in [4.69, 9.17) is 4.74 Å². The molecule has 4 bridgehead atoms. The molecule has 1 aromatic rings. The van der Waals surface area contributed by atoms with Crippen molar-refractivity contribution in [2.75, 3.05) is 13.7 Å². The molecule has 7 heteroatoms. The smallest absolute Gasteiger partial charge is 0.254 e. The second-order valence-electron chi connectivity index (χ2n) is 8.47. The van der Waals surface area contributed by atoms with Gasteiger partial charge in [0.25, 0.3) is 5.91 Å². The predicted molar refractivity (Wildman–Crippen MR) is 93.0 cm³/mol. The van der Waals surface area contributed by atoms with Crippen LogP contribution in [0.4, 0.5) is 0 Å². The molecule has 4 aliphatic carbocycles. The number of carbonyl (C=O) groups is 1. The third kappa shape index (κ3) is 3.01. The first kappa shape index (κ1) is 17.4. The molecule has 1 aromatic heterocycles. The van der Waals surface area contributed by atoms with Crippen molar-refractivity contribution >= 4 is 17.2 Å². The van der Waals surface area contributed by atoms with E-state index in [9.17, 15) is 15.0 Å². The van der Waals surface area contributed by atoms with Gasteiger partial charge in [-0.25, -0.2) is 0 Å². The lowest BCUT2D eigenvalue weighted by molar-refractivity contribution is -0.227. The first-order valence-electron chi connectivity index (χ1n) is 8.95. The second kappa shape index (κ2) is 5.74. The van der Waals surface area contributed by atoms with Gasteiger partial charge in [0.15, 0.2) is 4.80 Å². The van der Waals surface area contributed by atoms with Gasteiger partial charge in [0.1, 0.15) is 0 Å². The molecule has 5 rings (SSSR count). The average Bonchev–Trinajstić information content (AvgIpc) is 2.81. The topological polar surface area (TPSA) is 84.1 Å². The number of hydrogen-bond donors (Lipinski definition) is 2. The van der Waals surface area contributed by atoms with Crippen LogP contribution in [0.25, 0.3) is 0 Å². The van der Waals surface area contributed by atoms with Gasteiger partial charge in [-0.15, -0.1) is 11.3 Å². The number of carbonyl (C=O) groups excluding carboxylic acids is 1. The molecular formula is C18H26N2O4S. The Kier molecular flexibility index (Phi) is 3.99. The van der Waals surface area contributed by atoms with E-state index in [-0.39, 0.29) is 11.8 Å². The van der Waals surface area contributed by atoms with Crippen LogP contribution in [0.2, 0.25) is 0 Å². The van der Waals surface area contributed by atoms with Crippen molar-refractivity contribution in [3.63, 3.8) is 0 Å². The van der Waals surface area contributed by atoms with Gasteiger partial charge in [-0.1, -0.05) is 0 Å². The standard InChI is InChI=1S/C18H26N2O4S/c1-12-8-20(3-4-24-2)15(25-12)19-14(21)16-5-13-6-17(22,9-16)11-18(23,7-13)10-16/h8,13,22-23H,3-7,9-11H2,1-2H3. The molecule has 4 aliphatic rings. The number of ether oxygens (including phenoxy) is 1. The maximum atomic E-state index is 13.2. The van der Waals surface area contributed by atoms with Gasteiger partial charge in [0.05, 0.1) is 23.2 Å². The van der Waals surface area contributed by atoms with Gasteiger partial charge >= 0.3 is 0 Å². The van der Waals surface area contributed by atoms with E-state index in [0.717, 1.165) is 11.3 Å². The Morgan fingerprint density at radius 2 is 2.00 bits per heavy atom. The first-order valence-corrected chi connectivity index (χ1v) is 9.76. The van der Waals surface area contributed by atoms with Crippen molar-refractivity contribution in [3.05, 3.63) is 15.9 Å². The summed E-state index contributed by atoms with van der Waals surface area (Å²) in [5.74, 6) is 0.0394. The summed E-state index contributed by atoms with van der Waals surface area (Å²) < 4.78 is 7.08. The van der Waals surface area contributed by atoms with Crippen LogP contribution in [0.1, 0.15) is 43.4 Å². The van der Waals surface area contributed by atoms with Crippen molar-refractivity contribution in [2.45, 2.75) is 63.2 Å². The summed E-state index contributed by atoms with van der Waals surface area (Å²) in [6, 6.07) is 0. The molecular weight excluding hydrogens is 340 g/mol. The van der Waals surface area contributed by atoms with Crippen molar-refractivity contribution in [2.24, 2.45) is 16.3 Å². The van der Waals surface area contributed by atoms with Gasteiger partial charge in [0.2, 0.25) is 0 Å². The molecule has 2 unspecified atom stereocenters. The minimum Gasteiger partial charge on any atom is -0.390 e. The molecule has 0 saturated heterocycles. The second-order valence-corrected chi connectivity index (χ2v) is 9.68. The zero-order valence-corrected chi connectivity index (χ0v) is 15.6. The molecule has 0 aromatic carbocycles. The summed E-state index contributed by atoms with van der Waals surface area (Å²) >= 11 is 1.49. The van der Waals surface area contributed by atoms with Crippen LogP contribution in [-0.4, -0.2) is 45.6 Å². The van der Waals surface area contributed by atoms with Crippen LogP contribution >= 0.6 is 11.3 Å². The lowest BCUT2D eigenvalue weighted by Gasteiger charge is -2.61. The van der Waals surface area contributed by atoms with Crippen molar-refractivity contribution in [3.8, 4) is 0 Å². The minimum absolute atomic E-state index is 0.179. The molecule has 25 heavy (non-hydrogen) atoms. The van der Waals surface area contributed by atoms with E-state index >= 15 is 0 Å². The Morgan fingerprint density at radius 1 is 1.32 bits per heavy atom. The van der Waals surface area contributed by atoms with Crippen LogP contribution in [0, 0.1) is 18.3 Å². The first-order chi connectivity index (χ1) is 11.7. The Hall–Kier alpha value is -1.02. The van der Waals surface area contributed by atoms with Crippen molar-refractivity contribution in [1.29, 1.82) is 0 Å². The third-order valence-corrected chi connectivity index (χ3v) is 6.97. The van der Waals surface area contributed by atoms with Crippen LogP contribution in [-0.2, 0) is 16.1 Å². The molecule has 138 valence electrons. The van der Waals surface area contributed by atoms with Gasteiger partial charge in [-0.3, -0.25) is 4.79 Å². The number of hydrogen-bond acceptors (Lipinski definition) is 5. The largest absolute Gasteiger partial charge is 0.390 e. The zero-order valence-electron chi connectivity index (χ0n) is 14.8. The molecule has 4 saturated carbocycles. The summed E-state index contributed by atoms with van der Waals surface area (Å²) in [7, 11) is 1.65. The van der Waals surface area contributed by atoms with Gasteiger partial charge in [-0.05, 0) is 44.9 Å². The SMILES string of the molecule is COCCn1cc(C)sc1=NC(=O)C12CC3CC(O)(CC(O)(C3)C1)C2. The van der Waals surface area contributed by atoms with Gasteiger partial charge in [-0.2, -0.15) is 4.99 Å².